The Hall–Kier alpha value is -2.30. The summed E-state index contributed by atoms with van der Waals surface area (Å²) in [4.78, 5) is 19.6. The van der Waals surface area contributed by atoms with E-state index in [9.17, 15) is 4.79 Å². The zero-order valence-corrected chi connectivity index (χ0v) is 17.2. The second-order valence-corrected chi connectivity index (χ2v) is 7.97. The van der Waals surface area contributed by atoms with Crippen LogP contribution in [0.3, 0.4) is 0 Å². The quantitative estimate of drug-likeness (QED) is 0.780. The third-order valence-electron chi connectivity index (χ3n) is 5.44. The van der Waals surface area contributed by atoms with E-state index in [-0.39, 0.29) is 11.8 Å². The molecule has 146 valence electrons. The third kappa shape index (κ3) is 4.18. The summed E-state index contributed by atoms with van der Waals surface area (Å²) in [5, 5.41) is 0. The van der Waals surface area contributed by atoms with Crippen LogP contribution in [0.4, 0.5) is 0 Å². The molecule has 0 aliphatic carbocycles. The van der Waals surface area contributed by atoms with Gasteiger partial charge < -0.3 is 14.2 Å². The van der Waals surface area contributed by atoms with Crippen LogP contribution in [-0.2, 0) is 31.2 Å². The lowest BCUT2D eigenvalue weighted by atomic mass is 9.96. The third-order valence-corrected chi connectivity index (χ3v) is 5.44. The maximum atomic E-state index is 12.8. The van der Waals surface area contributed by atoms with Gasteiger partial charge in [0.2, 0.25) is 5.91 Å². The van der Waals surface area contributed by atoms with Crippen molar-refractivity contribution < 1.29 is 9.53 Å². The van der Waals surface area contributed by atoms with E-state index in [1.807, 2.05) is 23.1 Å². The highest BCUT2D eigenvalue weighted by atomic mass is 16.5. The van der Waals surface area contributed by atoms with Crippen LogP contribution in [0.25, 0.3) is 0 Å². The van der Waals surface area contributed by atoms with Gasteiger partial charge in [0, 0.05) is 38.0 Å². The van der Waals surface area contributed by atoms with E-state index in [2.05, 4.69) is 38.5 Å². The predicted octanol–water partition coefficient (Wildman–Crippen LogP) is 3.71. The van der Waals surface area contributed by atoms with Gasteiger partial charge in [-0.1, -0.05) is 39.0 Å². The molecule has 1 aliphatic rings. The van der Waals surface area contributed by atoms with Crippen molar-refractivity contribution in [2.45, 2.75) is 52.5 Å². The van der Waals surface area contributed by atoms with E-state index in [1.54, 1.807) is 7.11 Å². The monoisotopic (exact) mass is 369 g/mol. The minimum atomic E-state index is 0.222. The number of ether oxygens (including phenoxy) is 1. The summed E-state index contributed by atoms with van der Waals surface area (Å²) in [6.45, 7) is 7.88. The predicted molar refractivity (Wildman–Crippen MR) is 107 cm³/mol. The summed E-state index contributed by atoms with van der Waals surface area (Å²) in [7, 11) is 3.78. The molecule has 0 spiro atoms. The van der Waals surface area contributed by atoms with Crippen molar-refractivity contribution in [3.05, 3.63) is 47.0 Å². The maximum Gasteiger partial charge on any atom is 0.223 e. The molecule has 1 aromatic carbocycles. The van der Waals surface area contributed by atoms with Crippen LogP contribution >= 0.6 is 0 Å². The molecule has 0 N–H and O–H groups in total. The Bertz CT molecular complexity index is 810. The SMILES string of the molecule is COc1ccccc1CC(C)CC(=O)N1CCc2c(nc(C(C)C)n2C)C1. The van der Waals surface area contributed by atoms with Gasteiger partial charge in [0.25, 0.3) is 0 Å². The number of fused-ring (bicyclic) bond motifs is 1. The first kappa shape index (κ1) is 19.5. The summed E-state index contributed by atoms with van der Waals surface area (Å²) in [6.07, 6.45) is 2.28. The van der Waals surface area contributed by atoms with E-state index in [4.69, 9.17) is 9.72 Å². The van der Waals surface area contributed by atoms with Gasteiger partial charge >= 0.3 is 0 Å². The number of methoxy groups -OCH3 is 1. The first-order valence-corrected chi connectivity index (χ1v) is 9.84. The van der Waals surface area contributed by atoms with E-state index < -0.39 is 0 Å². The lowest BCUT2D eigenvalue weighted by Gasteiger charge is -2.28. The molecule has 2 aromatic rings. The Morgan fingerprint density at radius 2 is 2.00 bits per heavy atom. The molecule has 1 amide bonds. The fraction of sp³-hybridized carbons (Fsp3) is 0.545. The first-order valence-electron chi connectivity index (χ1n) is 9.84. The van der Waals surface area contributed by atoms with Crippen molar-refractivity contribution in [3.8, 4) is 5.75 Å². The van der Waals surface area contributed by atoms with Gasteiger partial charge in [-0.3, -0.25) is 4.79 Å². The highest BCUT2D eigenvalue weighted by Gasteiger charge is 2.27. The first-order chi connectivity index (χ1) is 12.9. The molecule has 5 heteroatoms. The number of hydrogen-bond donors (Lipinski definition) is 0. The summed E-state index contributed by atoms with van der Waals surface area (Å²) in [5.41, 5.74) is 3.51. The van der Waals surface area contributed by atoms with Gasteiger partial charge in [0.1, 0.15) is 11.6 Å². The van der Waals surface area contributed by atoms with Crippen molar-refractivity contribution in [2.24, 2.45) is 13.0 Å². The number of aromatic nitrogens is 2. The minimum Gasteiger partial charge on any atom is -0.496 e. The minimum absolute atomic E-state index is 0.222. The second kappa shape index (κ2) is 8.15. The zero-order chi connectivity index (χ0) is 19.6. The number of imidazole rings is 1. The number of amides is 1. The highest BCUT2D eigenvalue weighted by Crippen LogP contribution is 2.26. The number of rotatable bonds is 6. The number of carbonyl (C=O) groups is 1. The van der Waals surface area contributed by atoms with Crippen LogP contribution in [0.2, 0.25) is 0 Å². The molecule has 0 saturated carbocycles. The molecule has 1 atom stereocenters. The molecule has 1 aromatic heterocycles. The second-order valence-electron chi connectivity index (χ2n) is 7.97. The normalized spacial score (nSPS) is 15.0. The molecule has 1 aliphatic heterocycles. The molecule has 5 nitrogen and oxygen atoms in total. The standard InChI is InChI=1S/C22H31N3O2/c1-15(2)22-23-18-14-25(11-10-19(18)24(22)4)21(26)13-16(3)12-17-8-6-7-9-20(17)27-5/h6-9,15-16H,10-14H2,1-5H3. The Balaban J connectivity index is 1.63. The highest BCUT2D eigenvalue weighted by molar-refractivity contribution is 5.76. The molecule has 0 bridgehead atoms. The number of carbonyl (C=O) groups excluding carboxylic acids is 1. The van der Waals surface area contributed by atoms with Gasteiger partial charge in [-0.2, -0.15) is 0 Å². The summed E-state index contributed by atoms with van der Waals surface area (Å²) >= 11 is 0. The van der Waals surface area contributed by atoms with Gasteiger partial charge in [-0.15, -0.1) is 0 Å². The molecule has 0 radical (unpaired) electrons. The van der Waals surface area contributed by atoms with E-state index in [0.29, 0.717) is 18.9 Å². The maximum absolute atomic E-state index is 12.8. The summed E-state index contributed by atoms with van der Waals surface area (Å²) < 4.78 is 7.65. The Morgan fingerprint density at radius 3 is 2.70 bits per heavy atom. The smallest absolute Gasteiger partial charge is 0.223 e. The number of benzene rings is 1. The summed E-state index contributed by atoms with van der Waals surface area (Å²) in [6, 6.07) is 8.05. The number of hydrogen-bond acceptors (Lipinski definition) is 3. The molecule has 1 unspecified atom stereocenters. The molecule has 2 heterocycles. The van der Waals surface area contributed by atoms with E-state index in [1.165, 1.54) is 5.69 Å². The molecule has 0 fully saturated rings. The van der Waals surface area contributed by atoms with Crippen LogP contribution in [0.15, 0.2) is 24.3 Å². The van der Waals surface area contributed by atoms with Crippen molar-refractivity contribution in [1.29, 1.82) is 0 Å². The average Bonchev–Trinajstić information content (AvgIpc) is 2.98. The van der Waals surface area contributed by atoms with Crippen LogP contribution in [-0.4, -0.2) is 34.0 Å². The molecule has 0 saturated heterocycles. The van der Waals surface area contributed by atoms with Gasteiger partial charge in [0.15, 0.2) is 0 Å². The van der Waals surface area contributed by atoms with Gasteiger partial charge in [-0.25, -0.2) is 4.98 Å². The van der Waals surface area contributed by atoms with Crippen LogP contribution < -0.4 is 4.74 Å². The molecule has 27 heavy (non-hydrogen) atoms. The zero-order valence-electron chi connectivity index (χ0n) is 17.2. The lowest BCUT2D eigenvalue weighted by Crippen LogP contribution is -2.37. The van der Waals surface area contributed by atoms with Crippen molar-refractivity contribution in [2.75, 3.05) is 13.7 Å². The fourth-order valence-corrected chi connectivity index (χ4v) is 4.02. The van der Waals surface area contributed by atoms with Crippen molar-refractivity contribution in [1.82, 2.24) is 14.5 Å². The number of nitrogens with zero attached hydrogens (tertiary/aromatic N) is 3. The van der Waals surface area contributed by atoms with E-state index in [0.717, 1.165) is 42.2 Å². The van der Waals surface area contributed by atoms with Crippen molar-refractivity contribution in [3.63, 3.8) is 0 Å². The van der Waals surface area contributed by atoms with Crippen LogP contribution in [0, 0.1) is 5.92 Å². The Kier molecular flexibility index (Phi) is 5.88. The summed E-state index contributed by atoms with van der Waals surface area (Å²) in [5.74, 6) is 2.89. The molecular weight excluding hydrogens is 338 g/mol. The topological polar surface area (TPSA) is 47.4 Å². The Labute approximate surface area is 162 Å². The van der Waals surface area contributed by atoms with Gasteiger partial charge in [0.05, 0.1) is 19.3 Å². The average molecular weight is 370 g/mol. The van der Waals surface area contributed by atoms with Crippen LogP contribution in [0.5, 0.6) is 5.75 Å². The fourth-order valence-electron chi connectivity index (χ4n) is 4.02. The number of para-hydroxylation sites is 1. The van der Waals surface area contributed by atoms with E-state index >= 15 is 0 Å². The van der Waals surface area contributed by atoms with Crippen LogP contribution in [0.1, 0.15) is 55.9 Å². The largest absolute Gasteiger partial charge is 0.496 e. The van der Waals surface area contributed by atoms with Gasteiger partial charge in [-0.05, 0) is 24.0 Å². The molecule has 3 rings (SSSR count). The lowest BCUT2D eigenvalue weighted by molar-refractivity contribution is -0.133. The molecular formula is C22H31N3O2. The van der Waals surface area contributed by atoms with Crippen molar-refractivity contribution >= 4 is 5.91 Å². The Morgan fingerprint density at radius 1 is 1.26 bits per heavy atom.